The third-order valence-corrected chi connectivity index (χ3v) is 5.79. The zero-order valence-electron chi connectivity index (χ0n) is 20.9. The summed E-state index contributed by atoms with van der Waals surface area (Å²) >= 11 is 0. The van der Waals surface area contributed by atoms with Crippen molar-refractivity contribution in [3.05, 3.63) is 77.9 Å². The Kier molecular flexibility index (Phi) is 10.8. The van der Waals surface area contributed by atoms with E-state index in [9.17, 15) is 15.0 Å². The molecule has 0 aromatic heterocycles. The summed E-state index contributed by atoms with van der Waals surface area (Å²) in [6.45, 7) is 2.90. The second-order valence-corrected chi connectivity index (χ2v) is 8.70. The predicted octanol–water partition coefficient (Wildman–Crippen LogP) is 7.59. The van der Waals surface area contributed by atoms with E-state index in [0.29, 0.717) is 23.4 Å². The van der Waals surface area contributed by atoms with Gasteiger partial charge in [-0.05, 0) is 55.0 Å². The SMILES string of the molecule is CCCCCCCCCCOc1ccc(C(=O)Oc2ccc(C=Nc3ccccc3O)c(O)c2)cc1. The minimum absolute atomic E-state index is 0.0448. The smallest absolute Gasteiger partial charge is 0.343 e. The quantitative estimate of drug-likeness (QED) is 0.105. The van der Waals surface area contributed by atoms with Crippen LogP contribution in [0.2, 0.25) is 0 Å². The van der Waals surface area contributed by atoms with Gasteiger partial charge in [0.2, 0.25) is 0 Å². The van der Waals surface area contributed by atoms with E-state index in [1.165, 1.54) is 63.3 Å². The number of carbonyl (C=O) groups is 1. The minimum atomic E-state index is -0.528. The van der Waals surface area contributed by atoms with E-state index in [4.69, 9.17) is 9.47 Å². The van der Waals surface area contributed by atoms with Crippen LogP contribution in [0.1, 0.15) is 74.2 Å². The lowest BCUT2D eigenvalue weighted by atomic mass is 10.1. The second-order valence-electron chi connectivity index (χ2n) is 8.70. The Morgan fingerprint density at radius 2 is 1.47 bits per heavy atom. The highest BCUT2D eigenvalue weighted by atomic mass is 16.5. The summed E-state index contributed by atoms with van der Waals surface area (Å²) < 4.78 is 11.2. The van der Waals surface area contributed by atoms with Crippen molar-refractivity contribution in [2.75, 3.05) is 6.61 Å². The molecule has 0 fully saturated rings. The Morgan fingerprint density at radius 3 is 2.17 bits per heavy atom. The van der Waals surface area contributed by atoms with Gasteiger partial charge in [0.15, 0.2) is 0 Å². The molecule has 0 unspecified atom stereocenters. The van der Waals surface area contributed by atoms with Gasteiger partial charge in [-0.1, -0.05) is 64.0 Å². The number of nitrogens with zero attached hydrogens (tertiary/aromatic N) is 1. The summed E-state index contributed by atoms with van der Waals surface area (Å²) in [7, 11) is 0. The van der Waals surface area contributed by atoms with Gasteiger partial charge in [0.05, 0.1) is 12.2 Å². The van der Waals surface area contributed by atoms with Crippen LogP contribution in [0, 0.1) is 0 Å². The Hall–Kier alpha value is -3.80. The molecule has 0 radical (unpaired) electrons. The van der Waals surface area contributed by atoms with Crippen molar-refractivity contribution < 1.29 is 24.5 Å². The number of hydrogen-bond acceptors (Lipinski definition) is 6. The Morgan fingerprint density at radius 1 is 0.806 bits per heavy atom. The summed E-state index contributed by atoms with van der Waals surface area (Å²) in [6, 6.07) is 18.0. The lowest BCUT2D eigenvalue weighted by molar-refractivity contribution is 0.0734. The molecule has 3 aromatic carbocycles. The highest BCUT2D eigenvalue weighted by Gasteiger charge is 2.11. The number of rotatable bonds is 14. The monoisotopic (exact) mass is 489 g/mol. The molecule has 0 saturated heterocycles. The standard InChI is InChI=1S/C30H35NO5/c1-2-3-4-5-6-7-8-11-20-35-25-17-14-23(15-18-25)30(34)36-26-19-16-24(29(33)21-26)22-31-27-12-9-10-13-28(27)32/h9-10,12-19,21-22,32-33H,2-8,11,20H2,1H3. The zero-order chi connectivity index (χ0) is 25.6. The van der Waals surface area contributed by atoms with Gasteiger partial charge in [0.1, 0.15) is 28.7 Å². The number of unbranched alkanes of at least 4 members (excludes halogenated alkanes) is 7. The van der Waals surface area contributed by atoms with Crippen molar-refractivity contribution in [3.8, 4) is 23.0 Å². The van der Waals surface area contributed by atoms with Crippen LogP contribution in [-0.4, -0.2) is 29.0 Å². The van der Waals surface area contributed by atoms with E-state index < -0.39 is 5.97 Å². The van der Waals surface area contributed by atoms with Crippen molar-refractivity contribution in [1.82, 2.24) is 0 Å². The minimum Gasteiger partial charge on any atom is -0.507 e. The second kappa shape index (κ2) is 14.6. The maximum absolute atomic E-state index is 12.5. The highest BCUT2D eigenvalue weighted by molar-refractivity contribution is 5.91. The Balaban J connectivity index is 1.44. The predicted molar refractivity (Wildman–Crippen MR) is 143 cm³/mol. The number of phenolic OH excluding ortho intramolecular Hbond substituents is 2. The molecule has 0 aliphatic heterocycles. The number of para-hydroxylation sites is 2. The molecule has 190 valence electrons. The fourth-order valence-electron chi connectivity index (χ4n) is 3.69. The van der Waals surface area contributed by atoms with Crippen LogP contribution in [0.15, 0.2) is 71.7 Å². The molecule has 36 heavy (non-hydrogen) atoms. The Labute approximate surface area is 213 Å². The number of aromatic hydroxyl groups is 2. The molecule has 0 heterocycles. The van der Waals surface area contributed by atoms with Crippen molar-refractivity contribution in [2.24, 2.45) is 4.99 Å². The number of ether oxygens (including phenoxy) is 2. The van der Waals surface area contributed by atoms with Gasteiger partial charge in [0, 0.05) is 17.8 Å². The molecule has 2 N–H and O–H groups in total. The van der Waals surface area contributed by atoms with Gasteiger partial charge in [0.25, 0.3) is 0 Å². The molecule has 0 aliphatic carbocycles. The summed E-state index contributed by atoms with van der Waals surface area (Å²) in [5.74, 6) is 0.361. The number of benzene rings is 3. The number of aliphatic imine (C=N–C) groups is 1. The average molecular weight is 490 g/mol. The molecule has 3 aromatic rings. The Bertz CT molecular complexity index is 1120. The third-order valence-electron chi connectivity index (χ3n) is 5.79. The molecule has 0 atom stereocenters. The summed E-state index contributed by atoms with van der Waals surface area (Å²) in [5, 5.41) is 20.1. The number of carbonyl (C=O) groups excluding carboxylic acids is 1. The molecule has 0 aliphatic rings. The van der Waals surface area contributed by atoms with Gasteiger partial charge in [-0.25, -0.2) is 4.79 Å². The van der Waals surface area contributed by atoms with E-state index >= 15 is 0 Å². The van der Waals surface area contributed by atoms with E-state index in [0.717, 1.165) is 12.2 Å². The van der Waals surface area contributed by atoms with Crippen LogP contribution in [-0.2, 0) is 0 Å². The topological polar surface area (TPSA) is 88.4 Å². The van der Waals surface area contributed by atoms with Gasteiger partial charge in [-0.3, -0.25) is 4.99 Å². The van der Waals surface area contributed by atoms with Crippen molar-refractivity contribution >= 4 is 17.9 Å². The summed E-state index contributed by atoms with van der Waals surface area (Å²) in [4.78, 5) is 16.7. The molecule has 6 nitrogen and oxygen atoms in total. The van der Waals surface area contributed by atoms with Crippen LogP contribution >= 0.6 is 0 Å². The maximum atomic E-state index is 12.5. The van der Waals surface area contributed by atoms with Gasteiger partial charge >= 0.3 is 5.97 Å². The van der Waals surface area contributed by atoms with E-state index in [-0.39, 0.29) is 17.2 Å². The fourth-order valence-corrected chi connectivity index (χ4v) is 3.69. The van der Waals surface area contributed by atoms with E-state index in [1.54, 1.807) is 54.6 Å². The van der Waals surface area contributed by atoms with Crippen LogP contribution in [0.25, 0.3) is 0 Å². The van der Waals surface area contributed by atoms with Gasteiger partial charge in [-0.15, -0.1) is 0 Å². The molecular formula is C30H35NO5. The first-order chi connectivity index (χ1) is 17.6. The third kappa shape index (κ3) is 8.77. The normalized spacial score (nSPS) is 11.0. The molecular weight excluding hydrogens is 454 g/mol. The number of hydrogen-bond donors (Lipinski definition) is 2. The summed E-state index contributed by atoms with van der Waals surface area (Å²) in [6.07, 6.45) is 11.4. The molecule has 0 spiro atoms. The molecule has 6 heteroatoms. The number of phenols is 2. The molecule has 0 amide bonds. The van der Waals surface area contributed by atoms with Crippen LogP contribution in [0.3, 0.4) is 0 Å². The largest absolute Gasteiger partial charge is 0.507 e. The van der Waals surface area contributed by atoms with E-state index in [2.05, 4.69) is 11.9 Å². The van der Waals surface area contributed by atoms with Crippen molar-refractivity contribution in [3.63, 3.8) is 0 Å². The fraction of sp³-hybridized carbons (Fsp3) is 0.333. The molecule has 0 bridgehead atoms. The van der Waals surface area contributed by atoms with E-state index in [1.807, 2.05) is 0 Å². The van der Waals surface area contributed by atoms with Crippen LogP contribution < -0.4 is 9.47 Å². The zero-order valence-corrected chi connectivity index (χ0v) is 20.9. The first-order valence-electron chi connectivity index (χ1n) is 12.7. The summed E-state index contributed by atoms with van der Waals surface area (Å²) in [5.41, 5.74) is 1.20. The molecule has 3 rings (SSSR count). The first kappa shape index (κ1) is 26.8. The average Bonchev–Trinajstić information content (AvgIpc) is 2.88. The van der Waals surface area contributed by atoms with Crippen LogP contribution in [0.5, 0.6) is 23.0 Å². The number of esters is 1. The maximum Gasteiger partial charge on any atom is 0.343 e. The van der Waals surface area contributed by atoms with Gasteiger partial charge < -0.3 is 19.7 Å². The van der Waals surface area contributed by atoms with Gasteiger partial charge in [-0.2, -0.15) is 0 Å². The first-order valence-corrected chi connectivity index (χ1v) is 12.7. The lowest BCUT2D eigenvalue weighted by Crippen LogP contribution is -2.08. The highest BCUT2D eigenvalue weighted by Crippen LogP contribution is 2.27. The lowest BCUT2D eigenvalue weighted by Gasteiger charge is -2.08. The van der Waals surface area contributed by atoms with Crippen LogP contribution in [0.4, 0.5) is 5.69 Å². The molecule has 0 saturated carbocycles. The van der Waals surface area contributed by atoms with Crippen molar-refractivity contribution in [1.29, 1.82) is 0 Å². The van der Waals surface area contributed by atoms with Crippen molar-refractivity contribution in [2.45, 2.75) is 58.3 Å².